The molecular formula is C28H27ClN4OS. The zero-order valence-corrected chi connectivity index (χ0v) is 21.0. The quantitative estimate of drug-likeness (QED) is 0.204. The summed E-state index contributed by atoms with van der Waals surface area (Å²) in [6, 6.07) is 25.9. The van der Waals surface area contributed by atoms with Crippen LogP contribution in [0.1, 0.15) is 35.5 Å². The van der Waals surface area contributed by atoms with Gasteiger partial charge in [-0.1, -0.05) is 48.0 Å². The van der Waals surface area contributed by atoms with Gasteiger partial charge in [-0.25, -0.2) is 0 Å². The van der Waals surface area contributed by atoms with Gasteiger partial charge in [0.2, 0.25) is 0 Å². The van der Waals surface area contributed by atoms with E-state index >= 15 is 0 Å². The topological polar surface area (TPSA) is 53.3 Å². The Morgan fingerprint density at radius 1 is 1.03 bits per heavy atom. The van der Waals surface area contributed by atoms with E-state index in [9.17, 15) is 0 Å². The minimum Gasteiger partial charge on any atom is -0.459 e. The second kappa shape index (κ2) is 10.5. The van der Waals surface area contributed by atoms with Crippen molar-refractivity contribution in [3.8, 4) is 11.3 Å². The van der Waals surface area contributed by atoms with E-state index in [2.05, 4.69) is 32.7 Å². The summed E-state index contributed by atoms with van der Waals surface area (Å²) in [5.74, 6) is 1.64. The number of furan rings is 1. The molecule has 3 heterocycles. The van der Waals surface area contributed by atoms with Crippen molar-refractivity contribution in [3.05, 3.63) is 107 Å². The van der Waals surface area contributed by atoms with Crippen LogP contribution in [0.15, 0.2) is 89.5 Å². The highest BCUT2D eigenvalue weighted by Crippen LogP contribution is 2.41. The van der Waals surface area contributed by atoms with E-state index in [1.807, 2.05) is 79.9 Å². The highest BCUT2D eigenvalue weighted by atomic mass is 35.5. The molecule has 0 bridgehead atoms. The molecule has 0 amide bonds. The van der Waals surface area contributed by atoms with Crippen LogP contribution in [0.2, 0.25) is 5.02 Å². The summed E-state index contributed by atoms with van der Waals surface area (Å²) in [6.07, 6.45) is 2.73. The van der Waals surface area contributed by atoms with Crippen LogP contribution in [0.25, 0.3) is 11.3 Å². The van der Waals surface area contributed by atoms with Gasteiger partial charge in [-0.15, -0.1) is 0 Å². The third kappa shape index (κ3) is 5.04. The molecule has 0 spiro atoms. The summed E-state index contributed by atoms with van der Waals surface area (Å²) < 4.78 is 6.45. The average molecular weight is 503 g/mol. The number of anilines is 1. The minimum absolute atomic E-state index is 0.106. The van der Waals surface area contributed by atoms with Crippen molar-refractivity contribution < 1.29 is 4.42 Å². The number of halogens is 1. The van der Waals surface area contributed by atoms with Gasteiger partial charge in [-0.3, -0.25) is 4.98 Å². The monoisotopic (exact) mass is 502 g/mol. The number of benzene rings is 2. The van der Waals surface area contributed by atoms with Crippen molar-refractivity contribution in [2.45, 2.75) is 25.4 Å². The Bertz CT molecular complexity index is 1290. The molecule has 5 rings (SSSR count). The number of thiocarbonyl (C=S) groups is 1. The fraction of sp³-hybridized carbons (Fsp3) is 0.214. The van der Waals surface area contributed by atoms with Crippen molar-refractivity contribution in [1.82, 2.24) is 15.2 Å². The number of rotatable bonds is 8. The van der Waals surface area contributed by atoms with Gasteiger partial charge in [-0.2, -0.15) is 0 Å². The first-order valence-electron chi connectivity index (χ1n) is 11.7. The lowest BCUT2D eigenvalue weighted by Crippen LogP contribution is -2.31. The predicted octanol–water partition coefficient (Wildman–Crippen LogP) is 6.78. The van der Waals surface area contributed by atoms with Crippen LogP contribution >= 0.6 is 23.8 Å². The van der Waals surface area contributed by atoms with Crippen LogP contribution in [-0.4, -0.2) is 28.1 Å². The summed E-state index contributed by atoms with van der Waals surface area (Å²) >= 11 is 12.2. The Balaban J connectivity index is 1.40. The maximum Gasteiger partial charge on any atom is 0.170 e. The SMILES string of the molecule is Cc1c(Cl)cccc1-c1ccc(C2C(c3ccccn3)NC(=S)N2CCCNc2ccccc2)o1. The molecule has 0 radical (unpaired) electrons. The molecule has 1 saturated heterocycles. The van der Waals surface area contributed by atoms with E-state index in [4.69, 9.17) is 28.2 Å². The molecule has 4 aromatic rings. The summed E-state index contributed by atoms with van der Waals surface area (Å²) in [4.78, 5) is 6.83. The zero-order chi connectivity index (χ0) is 24.2. The third-order valence-electron chi connectivity index (χ3n) is 6.33. The van der Waals surface area contributed by atoms with E-state index in [-0.39, 0.29) is 12.1 Å². The lowest BCUT2D eigenvalue weighted by atomic mass is 10.0. The summed E-state index contributed by atoms with van der Waals surface area (Å²) in [5, 5.41) is 8.41. The second-order valence-corrected chi connectivity index (χ2v) is 9.37. The van der Waals surface area contributed by atoms with Crippen molar-refractivity contribution in [2.75, 3.05) is 18.4 Å². The molecule has 2 N–H and O–H groups in total. The first-order valence-corrected chi connectivity index (χ1v) is 12.5. The van der Waals surface area contributed by atoms with Gasteiger partial charge in [0.1, 0.15) is 17.6 Å². The molecule has 1 aliphatic rings. The maximum atomic E-state index is 6.45. The fourth-order valence-corrected chi connectivity index (χ4v) is 5.03. The molecule has 35 heavy (non-hydrogen) atoms. The fourth-order valence-electron chi connectivity index (χ4n) is 4.52. The van der Waals surface area contributed by atoms with E-state index in [1.165, 1.54) is 0 Å². The van der Waals surface area contributed by atoms with E-state index < -0.39 is 0 Å². The maximum absolute atomic E-state index is 6.45. The van der Waals surface area contributed by atoms with Crippen molar-refractivity contribution in [2.24, 2.45) is 0 Å². The highest BCUT2D eigenvalue weighted by molar-refractivity contribution is 7.80. The predicted molar refractivity (Wildman–Crippen MR) is 146 cm³/mol. The lowest BCUT2D eigenvalue weighted by Gasteiger charge is -2.26. The van der Waals surface area contributed by atoms with Crippen LogP contribution in [-0.2, 0) is 0 Å². The Kier molecular flexibility index (Phi) is 7.02. The molecule has 1 aliphatic heterocycles. The third-order valence-corrected chi connectivity index (χ3v) is 7.09. The number of aromatic nitrogens is 1. The molecule has 2 aromatic heterocycles. The molecule has 0 aliphatic carbocycles. The normalized spacial score (nSPS) is 17.4. The molecule has 5 nitrogen and oxygen atoms in total. The van der Waals surface area contributed by atoms with Gasteiger partial charge in [-0.05, 0) is 73.6 Å². The Labute approximate surface area is 216 Å². The van der Waals surface area contributed by atoms with Crippen molar-refractivity contribution in [3.63, 3.8) is 0 Å². The van der Waals surface area contributed by atoms with Crippen molar-refractivity contribution >= 4 is 34.6 Å². The second-order valence-electron chi connectivity index (χ2n) is 8.58. The van der Waals surface area contributed by atoms with Gasteiger partial charge >= 0.3 is 0 Å². The number of pyridine rings is 1. The lowest BCUT2D eigenvalue weighted by molar-refractivity contribution is 0.274. The molecule has 2 unspecified atom stereocenters. The van der Waals surface area contributed by atoms with Gasteiger partial charge in [0.15, 0.2) is 5.11 Å². The standard InChI is InChI=1S/C28H27ClN4OS/c1-19-21(11-7-12-22(19)29)24-14-15-25(34-24)27-26(23-13-5-6-16-31-23)32-28(35)33(27)18-8-17-30-20-9-3-2-4-10-20/h2-7,9-16,26-27,30H,8,17-18H2,1H3,(H,32,35). The van der Waals surface area contributed by atoms with Gasteiger partial charge < -0.3 is 20.0 Å². The van der Waals surface area contributed by atoms with E-state index in [0.29, 0.717) is 5.11 Å². The number of hydrogen-bond donors (Lipinski definition) is 2. The number of nitrogens with one attached hydrogen (secondary N) is 2. The molecular weight excluding hydrogens is 476 g/mol. The smallest absolute Gasteiger partial charge is 0.170 e. The van der Waals surface area contributed by atoms with Crippen LogP contribution < -0.4 is 10.6 Å². The first kappa shape index (κ1) is 23.4. The van der Waals surface area contributed by atoms with Crippen LogP contribution in [0.3, 0.4) is 0 Å². The Morgan fingerprint density at radius 2 is 1.86 bits per heavy atom. The first-order chi connectivity index (χ1) is 17.1. The zero-order valence-electron chi connectivity index (χ0n) is 19.4. The van der Waals surface area contributed by atoms with Crippen LogP contribution in [0.4, 0.5) is 5.69 Å². The number of para-hydroxylation sites is 1. The Hall–Kier alpha value is -3.35. The van der Waals surface area contributed by atoms with Gasteiger partial charge in [0.05, 0.1) is 11.7 Å². The van der Waals surface area contributed by atoms with Gasteiger partial charge in [0, 0.05) is 35.6 Å². The molecule has 2 atom stereocenters. The molecule has 7 heteroatoms. The van der Waals surface area contributed by atoms with Crippen LogP contribution in [0.5, 0.6) is 0 Å². The average Bonchev–Trinajstić information content (AvgIpc) is 3.49. The Morgan fingerprint density at radius 3 is 2.66 bits per heavy atom. The highest BCUT2D eigenvalue weighted by Gasteiger charge is 2.41. The number of nitrogens with zero attached hydrogens (tertiary/aromatic N) is 2. The minimum atomic E-state index is -0.109. The summed E-state index contributed by atoms with van der Waals surface area (Å²) in [7, 11) is 0. The largest absolute Gasteiger partial charge is 0.459 e. The van der Waals surface area contributed by atoms with E-state index in [0.717, 1.165) is 58.6 Å². The molecule has 1 fully saturated rings. The van der Waals surface area contributed by atoms with Crippen molar-refractivity contribution in [1.29, 1.82) is 0 Å². The van der Waals surface area contributed by atoms with Crippen LogP contribution in [0, 0.1) is 6.92 Å². The number of hydrogen-bond acceptors (Lipinski definition) is 4. The van der Waals surface area contributed by atoms with E-state index in [1.54, 1.807) is 0 Å². The molecule has 0 saturated carbocycles. The van der Waals surface area contributed by atoms with Gasteiger partial charge in [0.25, 0.3) is 0 Å². The summed E-state index contributed by atoms with van der Waals surface area (Å²) in [5.41, 5.74) is 4.04. The summed E-state index contributed by atoms with van der Waals surface area (Å²) in [6.45, 7) is 3.63. The molecule has 178 valence electrons. The molecule has 2 aromatic carbocycles.